The van der Waals surface area contributed by atoms with E-state index in [1.165, 1.54) is 11.1 Å². The van der Waals surface area contributed by atoms with Crippen LogP contribution < -0.4 is 4.74 Å². The SMILES string of the molecule is CCN(CC)CCCOc1cccc(-c2ccccc2)c1. The lowest BCUT2D eigenvalue weighted by Crippen LogP contribution is -2.25. The smallest absolute Gasteiger partial charge is 0.119 e. The van der Waals surface area contributed by atoms with Gasteiger partial charge in [0.25, 0.3) is 0 Å². The summed E-state index contributed by atoms with van der Waals surface area (Å²) in [5.74, 6) is 0.955. The van der Waals surface area contributed by atoms with Gasteiger partial charge in [-0.15, -0.1) is 0 Å². The summed E-state index contributed by atoms with van der Waals surface area (Å²) in [6, 6.07) is 18.7. The van der Waals surface area contributed by atoms with Crippen molar-refractivity contribution in [1.29, 1.82) is 0 Å². The Balaban J connectivity index is 1.87. The number of ether oxygens (including phenoxy) is 1. The van der Waals surface area contributed by atoms with Gasteiger partial charge in [0.15, 0.2) is 0 Å². The topological polar surface area (TPSA) is 12.5 Å². The molecule has 21 heavy (non-hydrogen) atoms. The van der Waals surface area contributed by atoms with Crippen molar-refractivity contribution in [1.82, 2.24) is 4.90 Å². The number of rotatable bonds is 8. The van der Waals surface area contributed by atoms with E-state index < -0.39 is 0 Å². The first-order valence-corrected chi connectivity index (χ1v) is 7.84. The predicted octanol–water partition coefficient (Wildman–Crippen LogP) is 4.46. The van der Waals surface area contributed by atoms with Crippen LogP contribution in [0.1, 0.15) is 20.3 Å². The first-order valence-electron chi connectivity index (χ1n) is 7.84. The van der Waals surface area contributed by atoms with Crippen molar-refractivity contribution in [2.45, 2.75) is 20.3 Å². The molecule has 2 aromatic carbocycles. The largest absolute Gasteiger partial charge is 0.494 e. The molecule has 0 saturated carbocycles. The molecule has 0 bridgehead atoms. The maximum atomic E-state index is 5.88. The Bertz CT molecular complexity index is 520. The third kappa shape index (κ3) is 4.91. The first-order chi connectivity index (χ1) is 10.3. The standard InChI is InChI=1S/C19H25NO/c1-3-20(4-2)14-9-15-21-19-13-8-12-18(16-19)17-10-6-5-7-11-17/h5-8,10-13,16H,3-4,9,14-15H2,1-2H3. The Morgan fingerprint density at radius 3 is 2.29 bits per heavy atom. The van der Waals surface area contributed by atoms with E-state index in [1.807, 2.05) is 12.1 Å². The second kappa shape index (κ2) is 8.48. The lowest BCUT2D eigenvalue weighted by molar-refractivity contribution is 0.249. The van der Waals surface area contributed by atoms with Crippen molar-refractivity contribution in [2.24, 2.45) is 0 Å². The molecule has 0 fully saturated rings. The molecule has 0 aromatic heterocycles. The highest BCUT2D eigenvalue weighted by Crippen LogP contribution is 2.23. The molecule has 2 aromatic rings. The molecule has 112 valence electrons. The van der Waals surface area contributed by atoms with E-state index in [9.17, 15) is 0 Å². The molecule has 2 nitrogen and oxygen atoms in total. The van der Waals surface area contributed by atoms with E-state index in [0.29, 0.717) is 0 Å². The van der Waals surface area contributed by atoms with Crippen LogP contribution in [0.5, 0.6) is 5.75 Å². The van der Waals surface area contributed by atoms with E-state index in [4.69, 9.17) is 4.74 Å². The Hall–Kier alpha value is -1.80. The third-order valence-corrected chi connectivity index (χ3v) is 3.72. The highest BCUT2D eigenvalue weighted by Gasteiger charge is 2.01. The monoisotopic (exact) mass is 283 g/mol. The van der Waals surface area contributed by atoms with E-state index in [2.05, 4.69) is 61.2 Å². The van der Waals surface area contributed by atoms with Crippen LogP contribution in [0.2, 0.25) is 0 Å². The highest BCUT2D eigenvalue weighted by molar-refractivity contribution is 5.64. The first kappa shape index (κ1) is 15.6. The summed E-state index contributed by atoms with van der Waals surface area (Å²) < 4.78 is 5.88. The summed E-state index contributed by atoms with van der Waals surface area (Å²) in [6.45, 7) is 8.50. The average Bonchev–Trinajstić information content (AvgIpc) is 2.56. The number of hydrogen-bond acceptors (Lipinski definition) is 2. The second-order valence-corrected chi connectivity index (χ2v) is 5.12. The van der Waals surface area contributed by atoms with Crippen molar-refractivity contribution in [3.8, 4) is 16.9 Å². The van der Waals surface area contributed by atoms with Crippen molar-refractivity contribution < 1.29 is 4.74 Å². The Morgan fingerprint density at radius 1 is 0.857 bits per heavy atom. The minimum Gasteiger partial charge on any atom is -0.494 e. The summed E-state index contributed by atoms with van der Waals surface area (Å²) in [5.41, 5.74) is 2.43. The van der Waals surface area contributed by atoms with Gasteiger partial charge in [-0.2, -0.15) is 0 Å². The minimum atomic E-state index is 0.773. The Morgan fingerprint density at radius 2 is 1.57 bits per heavy atom. The zero-order chi connectivity index (χ0) is 14.9. The number of hydrogen-bond donors (Lipinski definition) is 0. The molecule has 0 atom stereocenters. The molecule has 0 radical (unpaired) electrons. The van der Waals surface area contributed by atoms with Gasteiger partial charge in [0, 0.05) is 6.54 Å². The summed E-state index contributed by atoms with van der Waals surface area (Å²) in [7, 11) is 0. The predicted molar refractivity (Wildman–Crippen MR) is 89.8 cm³/mol. The Kier molecular flexibility index (Phi) is 6.29. The van der Waals surface area contributed by atoms with Gasteiger partial charge >= 0.3 is 0 Å². The van der Waals surface area contributed by atoms with E-state index in [1.54, 1.807) is 0 Å². The molecular formula is C19H25NO. The summed E-state index contributed by atoms with van der Waals surface area (Å²) in [5, 5.41) is 0. The van der Waals surface area contributed by atoms with Crippen molar-refractivity contribution in [3.63, 3.8) is 0 Å². The molecule has 0 N–H and O–H groups in total. The normalized spacial score (nSPS) is 10.8. The molecule has 2 heteroatoms. The van der Waals surface area contributed by atoms with Gasteiger partial charge < -0.3 is 9.64 Å². The molecule has 0 unspecified atom stereocenters. The van der Waals surface area contributed by atoms with Crippen molar-refractivity contribution in [3.05, 3.63) is 54.6 Å². The maximum Gasteiger partial charge on any atom is 0.119 e. The molecule has 0 saturated heterocycles. The molecule has 0 amide bonds. The molecule has 2 rings (SSSR count). The number of benzene rings is 2. The van der Waals surface area contributed by atoms with Gasteiger partial charge in [-0.1, -0.05) is 56.3 Å². The maximum absolute atomic E-state index is 5.88. The fourth-order valence-corrected chi connectivity index (χ4v) is 2.41. The zero-order valence-corrected chi connectivity index (χ0v) is 13.1. The van der Waals surface area contributed by atoms with Gasteiger partial charge in [-0.25, -0.2) is 0 Å². The van der Waals surface area contributed by atoms with Crippen LogP contribution >= 0.6 is 0 Å². The van der Waals surface area contributed by atoms with Crippen LogP contribution in [-0.4, -0.2) is 31.1 Å². The zero-order valence-electron chi connectivity index (χ0n) is 13.1. The van der Waals surface area contributed by atoms with E-state index >= 15 is 0 Å². The van der Waals surface area contributed by atoms with Gasteiger partial charge in [-0.3, -0.25) is 0 Å². The summed E-state index contributed by atoms with van der Waals surface area (Å²) in [6.07, 6.45) is 1.07. The quantitative estimate of drug-likeness (QED) is 0.663. The van der Waals surface area contributed by atoms with Crippen LogP contribution in [0.3, 0.4) is 0 Å². The molecule has 0 aliphatic carbocycles. The molecule has 0 spiro atoms. The lowest BCUT2D eigenvalue weighted by Gasteiger charge is -2.17. The van der Waals surface area contributed by atoms with Crippen LogP contribution in [-0.2, 0) is 0 Å². The third-order valence-electron chi connectivity index (χ3n) is 3.72. The molecule has 0 heterocycles. The number of nitrogens with zero attached hydrogens (tertiary/aromatic N) is 1. The van der Waals surface area contributed by atoms with Crippen molar-refractivity contribution >= 4 is 0 Å². The van der Waals surface area contributed by atoms with Crippen LogP contribution in [0.25, 0.3) is 11.1 Å². The highest BCUT2D eigenvalue weighted by atomic mass is 16.5. The fourth-order valence-electron chi connectivity index (χ4n) is 2.41. The minimum absolute atomic E-state index is 0.773. The van der Waals surface area contributed by atoms with Gasteiger partial charge in [0.1, 0.15) is 5.75 Å². The van der Waals surface area contributed by atoms with Crippen LogP contribution in [0.15, 0.2) is 54.6 Å². The molecular weight excluding hydrogens is 258 g/mol. The lowest BCUT2D eigenvalue weighted by atomic mass is 10.1. The fraction of sp³-hybridized carbons (Fsp3) is 0.368. The van der Waals surface area contributed by atoms with Crippen LogP contribution in [0.4, 0.5) is 0 Å². The van der Waals surface area contributed by atoms with Gasteiger partial charge in [-0.05, 0) is 42.8 Å². The van der Waals surface area contributed by atoms with Crippen LogP contribution in [0, 0.1) is 0 Å². The Labute approximate surface area is 128 Å². The van der Waals surface area contributed by atoms with Crippen molar-refractivity contribution in [2.75, 3.05) is 26.2 Å². The van der Waals surface area contributed by atoms with E-state index in [-0.39, 0.29) is 0 Å². The molecule has 0 aliphatic rings. The van der Waals surface area contributed by atoms with E-state index in [0.717, 1.165) is 38.4 Å². The average molecular weight is 283 g/mol. The second-order valence-electron chi connectivity index (χ2n) is 5.12. The molecule has 0 aliphatic heterocycles. The summed E-state index contributed by atoms with van der Waals surface area (Å²) >= 11 is 0. The van der Waals surface area contributed by atoms with Gasteiger partial charge in [0.2, 0.25) is 0 Å². The summed E-state index contributed by atoms with van der Waals surface area (Å²) in [4.78, 5) is 2.42. The van der Waals surface area contributed by atoms with Gasteiger partial charge in [0.05, 0.1) is 6.61 Å².